The fourth-order valence-corrected chi connectivity index (χ4v) is 1.71. The van der Waals surface area contributed by atoms with Gasteiger partial charge in [-0.3, -0.25) is 4.98 Å². The van der Waals surface area contributed by atoms with E-state index in [0.29, 0.717) is 17.2 Å². The van der Waals surface area contributed by atoms with Crippen molar-refractivity contribution in [2.45, 2.75) is 32.6 Å². The maximum atomic E-state index is 10.8. The topological polar surface area (TPSA) is 50.2 Å². The summed E-state index contributed by atoms with van der Waals surface area (Å²) in [5.74, 6) is -0.308. The van der Waals surface area contributed by atoms with Crippen molar-refractivity contribution < 1.29 is 9.90 Å². The van der Waals surface area contributed by atoms with E-state index in [9.17, 15) is 4.79 Å². The van der Waals surface area contributed by atoms with Crippen LogP contribution in [0.5, 0.6) is 0 Å². The number of carboxylic acid groups (broad SMARTS) is 1. The van der Waals surface area contributed by atoms with Crippen LogP contribution in [0.3, 0.4) is 0 Å². The molecule has 1 aromatic heterocycles. The van der Waals surface area contributed by atoms with Gasteiger partial charge in [-0.05, 0) is 38.3 Å². The van der Waals surface area contributed by atoms with Crippen molar-refractivity contribution in [3.63, 3.8) is 0 Å². The molecule has 3 heteroatoms. The highest BCUT2D eigenvalue weighted by molar-refractivity contribution is 5.89. The standard InChI is InChI=1S/C11H13NO2/c1-6-5-9(11(13)14)7(2)12-10(6)8-3-4-8/h5,8H,3-4H2,1-2H3,(H,13,14). The Morgan fingerprint density at radius 2 is 2.14 bits per heavy atom. The van der Waals surface area contributed by atoms with E-state index in [1.807, 2.05) is 6.92 Å². The van der Waals surface area contributed by atoms with Gasteiger partial charge in [-0.1, -0.05) is 0 Å². The number of aromatic nitrogens is 1. The Hall–Kier alpha value is -1.38. The first kappa shape index (κ1) is 9.19. The maximum Gasteiger partial charge on any atom is 0.337 e. The van der Waals surface area contributed by atoms with E-state index >= 15 is 0 Å². The lowest BCUT2D eigenvalue weighted by Gasteiger charge is -2.07. The maximum absolute atomic E-state index is 10.8. The minimum Gasteiger partial charge on any atom is -0.478 e. The first-order valence-corrected chi connectivity index (χ1v) is 4.81. The number of aromatic carboxylic acids is 1. The molecule has 2 rings (SSSR count). The highest BCUT2D eigenvalue weighted by atomic mass is 16.4. The molecule has 0 aliphatic heterocycles. The Bertz CT molecular complexity index is 395. The number of rotatable bonds is 2. The molecule has 0 aromatic carbocycles. The normalized spacial score (nSPS) is 15.6. The quantitative estimate of drug-likeness (QED) is 0.780. The summed E-state index contributed by atoms with van der Waals surface area (Å²) in [6.45, 7) is 3.70. The zero-order chi connectivity index (χ0) is 10.3. The van der Waals surface area contributed by atoms with Gasteiger partial charge in [0.05, 0.1) is 11.3 Å². The smallest absolute Gasteiger partial charge is 0.337 e. The molecular weight excluding hydrogens is 178 g/mol. The fraction of sp³-hybridized carbons (Fsp3) is 0.455. The molecule has 1 saturated carbocycles. The Morgan fingerprint density at radius 3 is 2.64 bits per heavy atom. The fourth-order valence-electron chi connectivity index (χ4n) is 1.71. The van der Waals surface area contributed by atoms with Gasteiger partial charge in [0.25, 0.3) is 0 Å². The van der Waals surface area contributed by atoms with Crippen molar-refractivity contribution in [3.05, 3.63) is 28.6 Å². The van der Waals surface area contributed by atoms with Gasteiger partial charge in [0, 0.05) is 11.6 Å². The summed E-state index contributed by atoms with van der Waals surface area (Å²) in [7, 11) is 0. The molecule has 14 heavy (non-hydrogen) atoms. The van der Waals surface area contributed by atoms with E-state index in [1.54, 1.807) is 13.0 Å². The first-order chi connectivity index (χ1) is 6.59. The molecule has 1 N–H and O–H groups in total. The second kappa shape index (κ2) is 3.08. The van der Waals surface area contributed by atoms with Crippen LogP contribution in [0.15, 0.2) is 6.07 Å². The summed E-state index contributed by atoms with van der Waals surface area (Å²) >= 11 is 0. The van der Waals surface area contributed by atoms with Gasteiger partial charge in [-0.25, -0.2) is 4.79 Å². The van der Waals surface area contributed by atoms with Crippen LogP contribution in [0.4, 0.5) is 0 Å². The molecule has 1 heterocycles. The number of hydrogen-bond acceptors (Lipinski definition) is 2. The molecule has 1 aromatic rings. The second-order valence-electron chi connectivity index (χ2n) is 3.90. The molecule has 0 amide bonds. The molecule has 1 aliphatic carbocycles. The minimum absolute atomic E-state index is 0.326. The third-order valence-electron chi connectivity index (χ3n) is 2.64. The Morgan fingerprint density at radius 1 is 1.50 bits per heavy atom. The Balaban J connectivity index is 2.48. The van der Waals surface area contributed by atoms with Gasteiger partial charge in [-0.15, -0.1) is 0 Å². The summed E-state index contributed by atoms with van der Waals surface area (Å²) in [6.07, 6.45) is 2.39. The van der Waals surface area contributed by atoms with Crippen LogP contribution in [-0.2, 0) is 0 Å². The molecule has 0 unspecified atom stereocenters. The zero-order valence-electron chi connectivity index (χ0n) is 8.37. The average Bonchev–Trinajstić information content (AvgIpc) is 2.91. The predicted molar refractivity (Wildman–Crippen MR) is 52.6 cm³/mol. The molecule has 0 saturated heterocycles. The summed E-state index contributed by atoms with van der Waals surface area (Å²) in [6, 6.07) is 1.73. The Kier molecular flexibility index (Phi) is 2.02. The van der Waals surface area contributed by atoms with Crippen LogP contribution in [0.25, 0.3) is 0 Å². The minimum atomic E-state index is -0.888. The predicted octanol–water partition coefficient (Wildman–Crippen LogP) is 2.27. The van der Waals surface area contributed by atoms with E-state index in [0.717, 1.165) is 11.3 Å². The van der Waals surface area contributed by atoms with Crippen molar-refractivity contribution in [1.29, 1.82) is 0 Å². The highest BCUT2D eigenvalue weighted by Gasteiger charge is 2.27. The van der Waals surface area contributed by atoms with Crippen LogP contribution in [-0.4, -0.2) is 16.1 Å². The molecule has 0 atom stereocenters. The van der Waals surface area contributed by atoms with Crippen LogP contribution in [0.2, 0.25) is 0 Å². The SMILES string of the molecule is Cc1cc(C(=O)O)c(C)nc1C1CC1. The van der Waals surface area contributed by atoms with Gasteiger partial charge in [0.1, 0.15) is 0 Å². The van der Waals surface area contributed by atoms with Crippen LogP contribution < -0.4 is 0 Å². The lowest BCUT2D eigenvalue weighted by molar-refractivity contribution is 0.0695. The van der Waals surface area contributed by atoms with Gasteiger partial charge in [-0.2, -0.15) is 0 Å². The third kappa shape index (κ3) is 1.50. The van der Waals surface area contributed by atoms with Gasteiger partial charge in [0.15, 0.2) is 0 Å². The number of nitrogens with zero attached hydrogens (tertiary/aromatic N) is 1. The van der Waals surface area contributed by atoms with Crippen molar-refractivity contribution in [3.8, 4) is 0 Å². The third-order valence-corrected chi connectivity index (χ3v) is 2.64. The number of hydrogen-bond donors (Lipinski definition) is 1. The molecule has 1 fully saturated rings. The molecule has 3 nitrogen and oxygen atoms in total. The molecule has 0 bridgehead atoms. The molecule has 74 valence electrons. The number of carboxylic acids is 1. The summed E-state index contributed by atoms with van der Waals surface area (Å²) in [5, 5.41) is 8.90. The van der Waals surface area contributed by atoms with E-state index in [4.69, 9.17) is 5.11 Å². The average molecular weight is 191 g/mol. The van der Waals surface area contributed by atoms with Gasteiger partial charge < -0.3 is 5.11 Å². The van der Waals surface area contributed by atoms with E-state index < -0.39 is 5.97 Å². The second-order valence-corrected chi connectivity index (χ2v) is 3.90. The van der Waals surface area contributed by atoms with Crippen molar-refractivity contribution >= 4 is 5.97 Å². The van der Waals surface area contributed by atoms with Crippen LogP contribution >= 0.6 is 0 Å². The van der Waals surface area contributed by atoms with Crippen molar-refractivity contribution in [1.82, 2.24) is 4.98 Å². The summed E-state index contributed by atoms with van der Waals surface area (Å²) in [5.41, 5.74) is 3.06. The van der Waals surface area contributed by atoms with Crippen molar-refractivity contribution in [2.24, 2.45) is 0 Å². The van der Waals surface area contributed by atoms with Crippen LogP contribution in [0, 0.1) is 13.8 Å². The van der Waals surface area contributed by atoms with Gasteiger partial charge in [0.2, 0.25) is 0 Å². The summed E-state index contributed by atoms with van der Waals surface area (Å²) < 4.78 is 0. The van der Waals surface area contributed by atoms with E-state index in [1.165, 1.54) is 12.8 Å². The molecular formula is C11H13NO2. The number of carbonyl (C=O) groups is 1. The molecule has 0 radical (unpaired) electrons. The lowest BCUT2D eigenvalue weighted by atomic mass is 10.1. The highest BCUT2D eigenvalue weighted by Crippen LogP contribution is 2.40. The van der Waals surface area contributed by atoms with Crippen LogP contribution in [0.1, 0.15) is 46.1 Å². The Labute approximate surface area is 82.8 Å². The van der Waals surface area contributed by atoms with E-state index in [-0.39, 0.29) is 0 Å². The van der Waals surface area contributed by atoms with E-state index in [2.05, 4.69) is 4.98 Å². The zero-order valence-corrected chi connectivity index (χ0v) is 8.37. The molecule has 0 spiro atoms. The largest absolute Gasteiger partial charge is 0.478 e. The molecule has 1 aliphatic rings. The van der Waals surface area contributed by atoms with Gasteiger partial charge >= 0.3 is 5.97 Å². The monoisotopic (exact) mass is 191 g/mol. The van der Waals surface area contributed by atoms with Crippen molar-refractivity contribution in [2.75, 3.05) is 0 Å². The number of aryl methyl sites for hydroxylation is 2. The number of pyridine rings is 1. The summed E-state index contributed by atoms with van der Waals surface area (Å²) in [4.78, 5) is 15.2. The first-order valence-electron chi connectivity index (χ1n) is 4.81. The lowest BCUT2D eigenvalue weighted by Crippen LogP contribution is -2.05.